The Labute approximate surface area is 678 Å². The first-order chi connectivity index (χ1) is 50.3. The normalized spacial score (nSPS) is 13.4. The number of nitrogens with zero attached hydrogens (tertiary/aromatic N) is 4. The minimum atomic E-state index is -0.888. The maximum atomic E-state index is 14.3. The van der Waals surface area contributed by atoms with Gasteiger partial charge in [-0.05, 0) is 186 Å². The van der Waals surface area contributed by atoms with Crippen molar-refractivity contribution >= 4 is 47.2 Å². The van der Waals surface area contributed by atoms with Gasteiger partial charge in [-0.3, -0.25) is 0 Å². The van der Waals surface area contributed by atoms with Crippen LogP contribution in [0.4, 0.5) is 37.1 Å². The van der Waals surface area contributed by atoms with Crippen LogP contribution in [-0.2, 0) is 81.2 Å². The number of carbonyl (C=O) groups is 4. The third-order valence-corrected chi connectivity index (χ3v) is 18.8. The molecule has 0 spiro atoms. The van der Waals surface area contributed by atoms with E-state index in [9.17, 15) is 19.2 Å². The molecule has 0 bridgehead atoms. The predicted octanol–water partition coefficient (Wildman–Crippen LogP) is 21.9. The van der Waals surface area contributed by atoms with Crippen molar-refractivity contribution in [3.8, 4) is 17.2 Å². The van der Waals surface area contributed by atoms with Gasteiger partial charge in [0.1, 0.15) is 39.7 Å². The maximum absolute atomic E-state index is 14.3. The standard InChI is InChI=1S/C93H152N4O15/c1-81(2,3)65-49-61(50-66(82(4,5)6)73(65)77(98)109-89(25,26)27)94(37)41-45-102-57-93(58-103-46-42-95(38)62-51-67(83(7,8)9)74(68(52-62)84(10,11)12)106-78(99)110-90(28,29)30,59-104-47-43-96(39)63-53-69(85(13,14)15)75(70(54-63)86(16,17)18)107-79(100)111-91(31,32)33)60-105-48-44-97(40)64-55-71(87(19,20)21)76(72(56-64)88(22,23)24)108-80(101)112-92(34,35)36/h49-56H,41-48,57-60H2,1-40H3. The van der Waals surface area contributed by atoms with Gasteiger partial charge in [0.25, 0.3) is 0 Å². The zero-order valence-electron chi connectivity index (χ0n) is 77.5. The molecule has 0 radical (unpaired) electrons. The summed E-state index contributed by atoms with van der Waals surface area (Å²) in [7, 11) is 8.20. The summed E-state index contributed by atoms with van der Waals surface area (Å²) in [5.74, 6) is 1.15. The monoisotopic (exact) mass is 1570 g/mol. The molecule has 0 amide bonds. The molecular weight excluding hydrogens is 1410 g/mol. The first-order valence-electron chi connectivity index (χ1n) is 40.2. The summed E-state index contributed by atoms with van der Waals surface area (Å²) in [6.45, 7) is 76.9. The highest BCUT2D eigenvalue weighted by Crippen LogP contribution is 2.48. The van der Waals surface area contributed by atoms with E-state index in [1.54, 1.807) is 0 Å². The van der Waals surface area contributed by atoms with Crippen molar-refractivity contribution in [2.24, 2.45) is 5.41 Å². The van der Waals surface area contributed by atoms with E-state index in [4.69, 9.17) is 52.1 Å². The molecule has 4 aromatic rings. The third-order valence-electron chi connectivity index (χ3n) is 18.8. The molecule has 0 fully saturated rings. The van der Waals surface area contributed by atoms with Crippen molar-refractivity contribution in [3.63, 3.8) is 0 Å². The second kappa shape index (κ2) is 36.6. The van der Waals surface area contributed by atoms with E-state index in [2.05, 4.69) is 241 Å². The quantitative estimate of drug-likeness (QED) is 0.0226. The van der Waals surface area contributed by atoms with Crippen LogP contribution in [0.15, 0.2) is 48.5 Å². The van der Waals surface area contributed by atoms with Gasteiger partial charge in [-0.25, -0.2) is 19.2 Å². The van der Waals surface area contributed by atoms with E-state index in [0.717, 1.165) is 67.3 Å². The Kier molecular flexibility index (Phi) is 31.9. The Balaban J connectivity index is 1.92. The second-order valence-electron chi connectivity index (χ2n) is 43.1. The topological polar surface area (TPSA) is 183 Å². The Morgan fingerprint density at radius 1 is 0.259 bits per heavy atom. The number of ether oxygens (including phenoxy) is 11. The summed E-state index contributed by atoms with van der Waals surface area (Å²) in [6.07, 6.45) is -2.27. The van der Waals surface area contributed by atoms with Crippen LogP contribution in [0.5, 0.6) is 17.2 Å². The van der Waals surface area contributed by atoms with Gasteiger partial charge in [0, 0.05) is 110 Å². The lowest BCUT2D eigenvalue weighted by atomic mass is 9.75. The number of anilines is 4. The highest BCUT2D eigenvalue weighted by molar-refractivity contribution is 5.95. The smallest absolute Gasteiger partial charge is 0.456 e. The lowest BCUT2D eigenvalue weighted by Crippen LogP contribution is -2.44. The fourth-order valence-electron chi connectivity index (χ4n) is 12.5. The number of esters is 1. The zero-order chi connectivity index (χ0) is 86.3. The number of hydrogen-bond acceptors (Lipinski definition) is 19. The molecule has 0 heterocycles. The second-order valence-corrected chi connectivity index (χ2v) is 43.1. The van der Waals surface area contributed by atoms with Gasteiger partial charge in [0.2, 0.25) is 0 Å². The largest absolute Gasteiger partial charge is 0.514 e. The van der Waals surface area contributed by atoms with Gasteiger partial charge in [-0.2, -0.15) is 0 Å². The fraction of sp³-hybridized carbons (Fsp3) is 0.699. The third kappa shape index (κ3) is 30.1. The zero-order valence-corrected chi connectivity index (χ0v) is 77.5. The fourth-order valence-corrected chi connectivity index (χ4v) is 12.5. The Morgan fingerprint density at radius 2 is 0.429 bits per heavy atom. The first-order valence-corrected chi connectivity index (χ1v) is 40.2. The van der Waals surface area contributed by atoms with Gasteiger partial charge >= 0.3 is 24.4 Å². The van der Waals surface area contributed by atoms with Gasteiger partial charge < -0.3 is 71.7 Å². The molecule has 0 saturated carbocycles. The number of benzene rings is 4. The molecule has 0 aliphatic heterocycles. The molecule has 4 rings (SSSR count). The molecule has 0 aromatic heterocycles. The SMILES string of the molecule is CN(CCOCC(COCCN(C)c1cc(C(C)(C)C)c(OC(=O)OC(C)(C)C)c(C(C)(C)C)c1)(COCCN(C)c1cc(C(C)(C)C)c(OC(=O)OC(C)(C)C)c(C(C)(C)C)c1)COCCN(C)c1cc(C(C)(C)C)c(C(=O)OC(C)(C)C)c(C(C)(C)C)c1)c1cc(C(C)(C)C)c(OC(=O)OC(C)(C)C)c(C(C)(C)C)c1. The summed E-state index contributed by atoms with van der Waals surface area (Å²) in [5, 5.41) is 0. The molecule has 634 valence electrons. The van der Waals surface area contributed by atoms with Crippen molar-refractivity contribution in [2.75, 3.05) is 127 Å². The van der Waals surface area contributed by atoms with Crippen molar-refractivity contribution in [1.82, 2.24) is 0 Å². The van der Waals surface area contributed by atoms with Crippen LogP contribution >= 0.6 is 0 Å². The number of carbonyl (C=O) groups excluding carboxylic acids is 4. The summed E-state index contributed by atoms with van der Waals surface area (Å²) in [6, 6.07) is 16.9. The summed E-state index contributed by atoms with van der Waals surface area (Å²) in [4.78, 5) is 63.4. The molecule has 4 aromatic carbocycles. The molecule has 0 atom stereocenters. The van der Waals surface area contributed by atoms with Crippen LogP contribution in [0.25, 0.3) is 0 Å². The van der Waals surface area contributed by atoms with Crippen LogP contribution in [0.1, 0.15) is 304 Å². The Bertz CT molecular complexity index is 3380. The van der Waals surface area contributed by atoms with E-state index < -0.39 is 89.6 Å². The molecular formula is C93H152N4O15. The van der Waals surface area contributed by atoms with Gasteiger partial charge in [-0.1, -0.05) is 166 Å². The van der Waals surface area contributed by atoms with E-state index in [1.807, 2.05) is 104 Å². The van der Waals surface area contributed by atoms with Crippen LogP contribution < -0.4 is 33.8 Å². The summed E-state index contributed by atoms with van der Waals surface area (Å²) in [5.41, 5.74) is 4.10. The van der Waals surface area contributed by atoms with Gasteiger partial charge in [0.05, 0.1) is 63.8 Å². The van der Waals surface area contributed by atoms with E-state index in [-0.39, 0.29) is 32.4 Å². The highest BCUT2D eigenvalue weighted by atomic mass is 16.7. The van der Waals surface area contributed by atoms with Crippen LogP contribution in [0, 0.1) is 5.41 Å². The molecule has 0 N–H and O–H groups in total. The number of hydrogen-bond donors (Lipinski definition) is 0. The first kappa shape index (κ1) is 97.6. The highest BCUT2D eigenvalue weighted by Gasteiger charge is 2.39. The summed E-state index contributed by atoms with van der Waals surface area (Å²) >= 11 is 0. The molecule has 112 heavy (non-hydrogen) atoms. The minimum Gasteiger partial charge on any atom is -0.456 e. The average molecular weight is 1570 g/mol. The molecule has 19 nitrogen and oxygen atoms in total. The van der Waals surface area contributed by atoms with Crippen molar-refractivity contribution in [2.45, 2.75) is 315 Å². The lowest BCUT2D eigenvalue weighted by Gasteiger charge is -2.35. The van der Waals surface area contributed by atoms with E-state index in [0.29, 0.717) is 75.4 Å². The number of rotatable bonds is 28. The Morgan fingerprint density at radius 3 is 0.589 bits per heavy atom. The minimum absolute atomic E-state index is 0.188. The molecule has 0 aliphatic rings. The van der Waals surface area contributed by atoms with Gasteiger partial charge in [-0.15, -0.1) is 0 Å². The maximum Gasteiger partial charge on any atom is 0.514 e. The van der Waals surface area contributed by atoms with Crippen LogP contribution in [0.3, 0.4) is 0 Å². The van der Waals surface area contributed by atoms with Crippen molar-refractivity contribution < 1.29 is 71.3 Å². The van der Waals surface area contributed by atoms with Gasteiger partial charge in [0.15, 0.2) is 0 Å². The lowest BCUT2D eigenvalue weighted by molar-refractivity contribution is -0.103. The average Bonchev–Trinajstić information content (AvgIpc) is 0.565. The summed E-state index contributed by atoms with van der Waals surface area (Å²) < 4.78 is 69.8. The van der Waals surface area contributed by atoms with Crippen molar-refractivity contribution in [1.29, 1.82) is 0 Å². The van der Waals surface area contributed by atoms with Crippen LogP contribution in [0.2, 0.25) is 0 Å². The van der Waals surface area contributed by atoms with E-state index >= 15 is 0 Å². The van der Waals surface area contributed by atoms with Crippen molar-refractivity contribution in [3.05, 3.63) is 98.6 Å². The number of likely N-dealkylation sites (N-methyl/N-ethyl adjacent to an activating group) is 4. The van der Waals surface area contributed by atoms with Crippen LogP contribution in [-0.4, -0.2) is 154 Å². The van der Waals surface area contributed by atoms with E-state index in [1.165, 1.54) is 0 Å². The molecule has 0 aliphatic carbocycles. The predicted molar refractivity (Wildman–Crippen MR) is 460 cm³/mol. The molecule has 19 heteroatoms. The molecule has 0 unspecified atom stereocenters. The molecule has 0 saturated heterocycles. The Hall–Kier alpha value is -6.80.